The van der Waals surface area contributed by atoms with Gasteiger partial charge in [-0.3, -0.25) is 4.79 Å². The summed E-state index contributed by atoms with van der Waals surface area (Å²) in [4.78, 5) is 28.6. The largest absolute Gasteiger partial charge is 0.497 e. The minimum Gasteiger partial charge on any atom is -0.497 e. The fourth-order valence-corrected chi connectivity index (χ4v) is 2.75. The van der Waals surface area contributed by atoms with Gasteiger partial charge in [-0.1, -0.05) is 29.8 Å². The van der Waals surface area contributed by atoms with Gasteiger partial charge in [-0.15, -0.1) is 0 Å². The third-order valence-electron chi connectivity index (χ3n) is 4.36. The molecule has 1 aromatic heterocycles. The average molecular weight is 394 g/mol. The molecule has 0 saturated carbocycles. The molecule has 0 bridgehead atoms. The molecule has 3 aromatic rings. The number of esters is 1. The molecule has 0 spiro atoms. The van der Waals surface area contributed by atoms with Crippen LogP contribution in [0.25, 0.3) is 11.3 Å². The minimum atomic E-state index is -0.561. The molecule has 29 heavy (non-hydrogen) atoms. The number of ether oxygens (including phenoxy) is 2. The topological polar surface area (TPSA) is 90.7 Å². The molecule has 150 valence electrons. The van der Waals surface area contributed by atoms with Crippen LogP contribution < -0.4 is 10.1 Å². The Morgan fingerprint density at radius 2 is 1.86 bits per heavy atom. The first-order chi connectivity index (χ1) is 14.0. The van der Waals surface area contributed by atoms with Crippen molar-refractivity contribution in [3.63, 3.8) is 0 Å². The number of carbonyl (C=O) groups excluding carboxylic acids is 2. The molecule has 1 amide bonds. The van der Waals surface area contributed by atoms with Gasteiger partial charge in [0, 0.05) is 18.4 Å². The number of nitrogens with zero attached hydrogens (tertiary/aromatic N) is 1. The number of methoxy groups -OCH3 is 2. The van der Waals surface area contributed by atoms with Crippen molar-refractivity contribution in [3.05, 3.63) is 65.7 Å². The van der Waals surface area contributed by atoms with E-state index in [1.165, 1.54) is 20.3 Å². The summed E-state index contributed by atoms with van der Waals surface area (Å²) >= 11 is 0. The molecule has 0 aliphatic heterocycles. The van der Waals surface area contributed by atoms with Gasteiger partial charge in [0.15, 0.2) is 11.7 Å². The fourth-order valence-electron chi connectivity index (χ4n) is 2.75. The Balaban J connectivity index is 1.63. The van der Waals surface area contributed by atoms with Gasteiger partial charge in [-0.2, -0.15) is 0 Å². The summed E-state index contributed by atoms with van der Waals surface area (Å²) in [5.41, 5.74) is 2.67. The van der Waals surface area contributed by atoms with Gasteiger partial charge in [0.05, 0.1) is 31.7 Å². The molecular formula is C22H22N2O5. The van der Waals surface area contributed by atoms with Crippen LogP contribution in [-0.2, 0) is 16.0 Å². The summed E-state index contributed by atoms with van der Waals surface area (Å²) < 4.78 is 15.6. The lowest BCUT2D eigenvalue weighted by Crippen LogP contribution is -2.16. The van der Waals surface area contributed by atoms with E-state index in [2.05, 4.69) is 10.3 Å². The highest BCUT2D eigenvalue weighted by Crippen LogP contribution is 2.24. The monoisotopic (exact) mass is 394 g/mol. The van der Waals surface area contributed by atoms with Gasteiger partial charge in [-0.05, 0) is 25.1 Å². The highest BCUT2D eigenvalue weighted by molar-refractivity contribution is 6.01. The molecule has 0 fully saturated rings. The Morgan fingerprint density at radius 3 is 2.55 bits per heavy atom. The Labute approximate surface area is 168 Å². The summed E-state index contributed by atoms with van der Waals surface area (Å²) in [5, 5.41) is 2.73. The maximum absolute atomic E-state index is 12.4. The van der Waals surface area contributed by atoms with E-state index in [0.717, 1.165) is 11.1 Å². The molecule has 1 heterocycles. The average Bonchev–Trinajstić information content (AvgIpc) is 3.21. The van der Waals surface area contributed by atoms with E-state index in [1.54, 1.807) is 18.3 Å². The highest BCUT2D eigenvalue weighted by atomic mass is 16.5. The molecule has 1 N–H and O–H groups in total. The number of rotatable bonds is 7. The number of hydrogen-bond acceptors (Lipinski definition) is 6. The van der Waals surface area contributed by atoms with Crippen LogP contribution in [0.4, 0.5) is 5.69 Å². The summed E-state index contributed by atoms with van der Waals surface area (Å²) in [7, 11) is 2.78. The van der Waals surface area contributed by atoms with Crippen molar-refractivity contribution in [2.75, 3.05) is 19.5 Å². The normalized spacial score (nSPS) is 10.4. The predicted molar refractivity (Wildman–Crippen MR) is 108 cm³/mol. The summed E-state index contributed by atoms with van der Waals surface area (Å²) in [5.74, 6) is 0.791. The Kier molecular flexibility index (Phi) is 6.29. The third kappa shape index (κ3) is 5.01. The smallest absolute Gasteiger partial charge is 0.340 e. The predicted octanol–water partition coefficient (Wildman–Crippen LogP) is 4.02. The first-order valence-corrected chi connectivity index (χ1v) is 9.08. The lowest BCUT2D eigenvalue weighted by Gasteiger charge is -2.11. The van der Waals surface area contributed by atoms with E-state index < -0.39 is 5.97 Å². The van der Waals surface area contributed by atoms with Crippen LogP contribution in [0.3, 0.4) is 0 Å². The zero-order valence-electron chi connectivity index (χ0n) is 16.5. The number of hydrogen-bond donors (Lipinski definition) is 1. The van der Waals surface area contributed by atoms with Gasteiger partial charge in [-0.25, -0.2) is 9.78 Å². The number of nitrogens with one attached hydrogen (secondary N) is 1. The molecule has 0 saturated heterocycles. The number of carbonyl (C=O) groups is 2. The summed E-state index contributed by atoms with van der Waals surface area (Å²) in [6, 6.07) is 12.7. The Hall–Kier alpha value is -3.61. The standard InChI is InChI=1S/C22H22N2O5/c1-14-4-6-15(7-5-14)19-13-23-21(29-19)11-10-20(25)24-18-9-8-16(27-2)12-17(18)22(26)28-3/h4-9,12-13H,10-11H2,1-3H3,(H,24,25). The highest BCUT2D eigenvalue weighted by Gasteiger charge is 2.16. The molecule has 3 rings (SSSR count). The number of aryl methyl sites for hydroxylation is 2. The van der Waals surface area contributed by atoms with Crippen molar-refractivity contribution in [1.82, 2.24) is 4.98 Å². The summed E-state index contributed by atoms with van der Waals surface area (Å²) in [6.07, 6.45) is 2.14. The van der Waals surface area contributed by atoms with Crippen LogP contribution in [0.1, 0.15) is 28.2 Å². The second-order valence-electron chi connectivity index (χ2n) is 6.44. The van der Waals surface area contributed by atoms with Gasteiger partial charge in [0.2, 0.25) is 5.91 Å². The van der Waals surface area contributed by atoms with Crippen LogP contribution in [0.15, 0.2) is 53.1 Å². The number of aromatic nitrogens is 1. The Morgan fingerprint density at radius 1 is 1.10 bits per heavy atom. The van der Waals surface area contributed by atoms with Crippen LogP contribution in [0.5, 0.6) is 5.75 Å². The maximum Gasteiger partial charge on any atom is 0.340 e. The molecule has 7 nitrogen and oxygen atoms in total. The van der Waals surface area contributed by atoms with Crippen molar-refractivity contribution < 1.29 is 23.5 Å². The number of benzene rings is 2. The van der Waals surface area contributed by atoms with Crippen molar-refractivity contribution in [1.29, 1.82) is 0 Å². The quantitative estimate of drug-likeness (QED) is 0.609. The second-order valence-corrected chi connectivity index (χ2v) is 6.44. The molecule has 0 aliphatic carbocycles. The van der Waals surface area contributed by atoms with Crippen molar-refractivity contribution in [2.24, 2.45) is 0 Å². The van der Waals surface area contributed by atoms with E-state index in [9.17, 15) is 9.59 Å². The maximum atomic E-state index is 12.4. The van der Waals surface area contributed by atoms with Gasteiger partial charge < -0.3 is 19.2 Å². The molecule has 0 atom stereocenters. The van der Waals surface area contributed by atoms with Crippen LogP contribution in [-0.4, -0.2) is 31.1 Å². The van der Waals surface area contributed by atoms with Gasteiger partial charge in [0.1, 0.15) is 5.75 Å². The van der Waals surface area contributed by atoms with Crippen LogP contribution in [0.2, 0.25) is 0 Å². The fraction of sp³-hybridized carbons (Fsp3) is 0.227. The zero-order valence-corrected chi connectivity index (χ0v) is 16.5. The van der Waals surface area contributed by atoms with E-state index in [1.807, 2.05) is 31.2 Å². The van der Waals surface area contributed by atoms with Crippen LogP contribution in [0, 0.1) is 6.92 Å². The van der Waals surface area contributed by atoms with Gasteiger partial charge >= 0.3 is 5.97 Å². The third-order valence-corrected chi connectivity index (χ3v) is 4.36. The molecular weight excluding hydrogens is 372 g/mol. The molecule has 7 heteroatoms. The van der Waals surface area contributed by atoms with Gasteiger partial charge in [0.25, 0.3) is 0 Å². The first-order valence-electron chi connectivity index (χ1n) is 9.08. The van der Waals surface area contributed by atoms with Crippen LogP contribution >= 0.6 is 0 Å². The molecule has 2 aromatic carbocycles. The van der Waals surface area contributed by atoms with Crippen molar-refractivity contribution >= 4 is 17.6 Å². The number of anilines is 1. The SMILES string of the molecule is COC(=O)c1cc(OC)ccc1NC(=O)CCc1ncc(-c2ccc(C)cc2)o1. The van der Waals surface area contributed by atoms with E-state index in [-0.39, 0.29) is 17.9 Å². The minimum absolute atomic E-state index is 0.153. The lowest BCUT2D eigenvalue weighted by atomic mass is 10.1. The lowest BCUT2D eigenvalue weighted by molar-refractivity contribution is -0.116. The van der Waals surface area contributed by atoms with E-state index in [4.69, 9.17) is 13.9 Å². The zero-order chi connectivity index (χ0) is 20.8. The number of oxazole rings is 1. The number of amides is 1. The van der Waals surface area contributed by atoms with Crippen molar-refractivity contribution in [3.8, 4) is 17.1 Å². The molecule has 0 aliphatic rings. The van der Waals surface area contributed by atoms with E-state index >= 15 is 0 Å². The second kappa shape index (κ2) is 9.05. The van der Waals surface area contributed by atoms with Crippen molar-refractivity contribution in [2.45, 2.75) is 19.8 Å². The Bertz CT molecular complexity index is 1010. The van der Waals surface area contributed by atoms with E-state index in [0.29, 0.717) is 29.5 Å². The first kappa shape index (κ1) is 20.1. The molecule has 0 radical (unpaired) electrons. The molecule has 0 unspecified atom stereocenters. The summed E-state index contributed by atoms with van der Waals surface area (Å²) in [6.45, 7) is 2.02.